The highest BCUT2D eigenvalue weighted by atomic mass is 35.5. The van der Waals surface area contributed by atoms with E-state index in [2.05, 4.69) is 0 Å². The van der Waals surface area contributed by atoms with Gasteiger partial charge in [0.05, 0.1) is 11.5 Å². The molecule has 0 aliphatic carbocycles. The van der Waals surface area contributed by atoms with Crippen molar-refractivity contribution in [1.82, 2.24) is 4.90 Å². The van der Waals surface area contributed by atoms with Gasteiger partial charge in [0.2, 0.25) is 0 Å². The SMILES string of the molecule is CCOc1ccc(Cl)cc1/C=C1/SC(=S)N(CC(=O)O)C1=O. The summed E-state index contributed by atoms with van der Waals surface area (Å²) in [5.74, 6) is -0.953. The van der Waals surface area contributed by atoms with Crippen molar-refractivity contribution in [3.05, 3.63) is 33.7 Å². The van der Waals surface area contributed by atoms with Crippen molar-refractivity contribution in [3.63, 3.8) is 0 Å². The van der Waals surface area contributed by atoms with Crippen molar-refractivity contribution in [3.8, 4) is 5.75 Å². The summed E-state index contributed by atoms with van der Waals surface area (Å²) in [6, 6.07) is 5.09. The zero-order valence-electron chi connectivity index (χ0n) is 11.5. The van der Waals surface area contributed by atoms with Gasteiger partial charge in [-0.2, -0.15) is 0 Å². The van der Waals surface area contributed by atoms with Gasteiger partial charge in [0.25, 0.3) is 5.91 Å². The average Bonchev–Trinajstić information content (AvgIpc) is 2.69. The third-order valence-corrected chi connectivity index (χ3v) is 4.34. The molecule has 0 bridgehead atoms. The van der Waals surface area contributed by atoms with Crippen LogP contribution in [0.5, 0.6) is 5.75 Å². The molecule has 1 aliphatic rings. The lowest BCUT2D eigenvalue weighted by atomic mass is 10.2. The Morgan fingerprint density at radius 2 is 2.27 bits per heavy atom. The molecule has 22 heavy (non-hydrogen) atoms. The van der Waals surface area contributed by atoms with Gasteiger partial charge in [-0.3, -0.25) is 14.5 Å². The van der Waals surface area contributed by atoms with Gasteiger partial charge in [0, 0.05) is 10.6 Å². The molecule has 0 radical (unpaired) electrons. The number of carboxylic acids is 1. The fourth-order valence-corrected chi connectivity index (χ4v) is 3.26. The van der Waals surface area contributed by atoms with Crippen molar-refractivity contribution < 1.29 is 19.4 Å². The summed E-state index contributed by atoms with van der Waals surface area (Å²) in [6.07, 6.45) is 1.61. The van der Waals surface area contributed by atoms with Crippen molar-refractivity contribution in [2.75, 3.05) is 13.2 Å². The summed E-state index contributed by atoms with van der Waals surface area (Å²) in [5.41, 5.74) is 0.644. The number of thioether (sulfide) groups is 1. The van der Waals surface area contributed by atoms with E-state index in [9.17, 15) is 9.59 Å². The molecular formula is C14H12ClNO4S2. The van der Waals surface area contributed by atoms with Gasteiger partial charge in [-0.25, -0.2) is 0 Å². The molecule has 1 aromatic carbocycles. The molecule has 0 aromatic heterocycles. The highest BCUT2D eigenvalue weighted by Crippen LogP contribution is 2.34. The van der Waals surface area contributed by atoms with Crippen LogP contribution in [0, 0.1) is 0 Å². The summed E-state index contributed by atoms with van der Waals surface area (Å²) >= 11 is 12.1. The van der Waals surface area contributed by atoms with E-state index in [-0.39, 0.29) is 4.32 Å². The number of ether oxygens (including phenoxy) is 1. The van der Waals surface area contributed by atoms with Crippen LogP contribution in [0.25, 0.3) is 6.08 Å². The first-order valence-corrected chi connectivity index (χ1v) is 7.92. The molecule has 8 heteroatoms. The molecule has 5 nitrogen and oxygen atoms in total. The first-order valence-electron chi connectivity index (χ1n) is 6.32. The van der Waals surface area contributed by atoms with Crippen molar-refractivity contribution in [2.24, 2.45) is 0 Å². The largest absolute Gasteiger partial charge is 0.493 e. The summed E-state index contributed by atoms with van der Waals surface area (Å²) in [7, 11) is 0. The number of aliphatic carboxylic acids is 1. The lowest BCUT2D eigenvalue weighted by Crippen LogP contribution is -2.33. The second kappa shape index (κ2) is 7.13. The van der Waals surface area contributed by atoms with Crippen molar-refractivity contribution in [2.45, 2.75) is 6.92 Å². The maximum Gasteiger partial charge on any atom is 0.323 e. The van der Waals surface area contributed by atoms with E-state index < -0.39 is 18.4 Å². The van der Waals surface area contributed by atoms with Crippen LogP contribution >= 0.6 is 35.6 Å². The van der Waals surface area contributed by atoms with Crippen LogP contribution in [-0.2, 0) is 9.59 Å². The Hall–Kier alpha value is -1.57. The standard InChI is InChI=1S/C14H12ClNO4S2/c1-2-20-10-4-3-9(15)5-8(10)6-11-13(19)16(7-12(17)18)14(21)22-11/h3-6H,2,7H2,1H3,(H,17,18)/b11-6+. The lowest BCUT2D eigenvalue weighted by Gasteiger charge is -2.10. The molecule has 1 heterocycles. The molecule has 1 N–H and O–H groups in total. The Bertz CT molecular complexity index is 675. The zero-order valence-corrected chi connectivity index (χ0v) is 13.9. The third kappa shape index (κ3) is 3.79. The molecule has 0 unspecified atom stereocenters. The quantitative estimate of drug-likeness (QED) is 0.645. The van der Waals surface area contributed by atoms with E-state index in [1.807, 2.05) is 6.92 Å². The molecular weight excluding hydrogens is 346 g/mol. The normalized spacial score (nSPS) is 16.5. The maximum absolute atomic E-state index is 12.2. The molecule has 0 saturated carbocycles. The minimum Gasteiger partial charge on any atom is -0.493 e. The van der Waals surface area contributed by atoms with Gasteiger partial charge in [-0.1, -0.05) is 35.6 Å². The molecule has 1 saturated heterocycles. The fraction of sp³-hybridized carbons (Fsp3) is 0.214. The summed E-state index contributed by atoms with van der Waals surface area (Å²) in [5, 5.41) is 9.33. The minimum atomic E-state index is -1.12. The van der Waals surface area contributed by atoms with Gasteiger partial charge in [-0.05, 0) is 31.2 Å². The van der Waals surface area contributed by atoms with Crippen LogP contribution in [0.1, 0.15) is 12.5 Å². The number of hydrogen-bond acceptors (Lipinski definition) is 5. The van der Waals surface area contributed by atoms with Crippen LogP contribution in [0.3, 0.4) is 0 Å². The number of carbonyl (C=O) groups is 2. The van der Waals surface area contributed by atoms with Gasteiger partial charge >= 0.3 is 5.97 Å². The molecule has 116 valence electrons. The summed E-state index contributed by atoms with van der Waals surface area (Å²) in [6.45, 7) is 1.88. The number of rotatable bonds is 5. The topological polar surface area (TPSA) is 66.8 Å². The first kappa shape index (κ1) is 16.8. The monoisotopic (exact) mass is 357 g/mol. The number of nitrogens with zero attached hydrogens (tertiary/aromatic N) is 1. The second-order valence-corrected chi connectivity index (χ2v) is 6.39. The van der Waals surface area contributed by atoms with Crippen LogP contribution < -0.4 is 4.74 Å². The number of thiocarbonyl (C=S) groups is 1. The minimum absolute atomic E-state index is 0.221. The highest BCUT2D eigenvalue weighted by Gasteiger charge is 2.33. The van der Waals surface area contributed by atoms with E-state index in [1.54, 1.807) is 24.3 Å². The van der Waals surface area contributed by atoms with Crippen LogP contribution in [0.2, 0.25) is 5.02 Å². The number of halogens is 1. The molecule has 1 aromatic rings. The van der Waals surface area contributed by atoms with Gasteiger partial charge in [0.1, 0.15) is 16.6 Å². The smallest absolute Gasteiger partial charge is 0.323 e. The Morgan fingerprint density at radius 1 is 1.55 bits per heavy atom. The number of carbonyl (C=O) groups excluding carboxylic acids is 1. The predicted molar refractivity (Wildman–Crippen MR) is 90.1 cm³/mol. The Labute approximate surface area is 141 Å². The van der Waals surface area contributed by atoms with Crippen molar-refractivity contribution >= 4 is 57.9 Å². The number of hydrogen-bond donors (Lipinski definition) is 1. The third-order valence-electron chi connectivity index (χ3n) is 2.73. The Morgan fingerprint density at radius 3 is 2.91 bits per heavy atom. The van der Waals surface area contributed by atoms with Crippen molar-refractivity contribution in [1.29, 1.82) is 0 Å². The Balaban J connectivity index is 2.34. The maximum atomic E-state index is 12.2. The summed E-state index contributed by atoms with van der Waals surface area (Å²) < 4.78 is 5.71. The fourth-order valence-electron chi connectivity index (χ4n) is 1.83. The van der Waals surface area contributed by atoms with Crippen LogP contribution in [-0.4, -0.2) is 39.4 Å². The van der Waals surface area contributed by atoms with E-state index in [0.29, 0.717) is 27.8 Å². The van der Waals surface area contributed by atoms with Crippen LogP contribution in [0.15, 0.2) is 23.1 Å². The number of amides is 1. The van der Waals surface area contributed by atoms with E-state index in [0.717, 1.165) is 16.7 Å². The molecule has 0 atom stereocenters. The van der Waals surface area contributed by atoms with Crippen LogP contribution in [0.4, 0.5) is 0 Å². The molecule has 0 spiro atoms. The van der Waals surface area contributed by atoms with E-state index >= 15 is 0 Å². The zero-order chi connectivity index (χ0) is 16.3. The van der Waals surface area contributed by atoms with Gasteiger partial charge in [-0.15, -0.1) is 0 Å². The Kier molecular flexibility index (Phi) is 5.44. The van der Waals surface area contributed by atoms with Gasteiger partial charge in [0.15, 0.2) is 0 Å². The molecule has 1 amide bonds. The van der Waals surface area contributed by atoms with Gasteiger partial charge < -0.3 is 9.84 Å². The van der Waals surface area contributed by atoms with E-state index in [4.69, 9.17) is 33.7 Å². The molecule has 2 rings (SSSR count). The summed E-state index contributed by atoms with van der Waals surface area (Å²) in [4.78, 5) is 24.4. The average molecular weight is 358 g/mol. The lowest BCUT2D eigenvalue weighted by molar-refractivity contribution is -0.140. The molecule has 1 aliphatic heterocycles. The highest BCUT2D eigenvalue weighted by molar-refractivity contribution is 8.26. The first-order chi connectivity index (χ1) is 10.4. The number of carboxylic acid groups (broad SMARTS) is 1. The predicted octanol–water partition coefficient (Wildman–Crippen LogP) is 3.02. The number of benzene rings is 1. The second-order valence-electron chi connectivity index (χ2n) is 4.28. The van der Waals surface area contributed by atoms with E-state index in [1.165, 1.54) is 0 Å². The molecule has 1 fully saturated rings.